The quantitative estimate of drug-likeness (QED) is 0.292. The minimum atomic E-state index is -0.451. The molecule has 0 atom stereocenters. The van der Waals surface area contributed by atoms with Gasteiger partial charge in [0.1, 0.15) is 6.54 Å². The number of carbonyl (C=O) groups is 1. The minimum absolute atomic E-state index is 0.0175. The molecule has 0 saturated carbocycles. The van der Waals surface area contributed by atoms with Crippen LogP contribution in [0.3, 0.4) is 0 Å². The molecule has 0 radical (unpaired) electrons. The Kier molecular flexibility index (Phi) is 5.41. The van der Waals surface area contributed by atoms with Gasteiger partial charge in [0, 0.05) is 12.1 Å². The van der Waals surface area contributed by atoms with E-state index >= 15 is 0 Å². The minimum Gasteiger partial charge on any atom is -0.468 e. The topological polar surface area (TPSA) is 99.1 Å². The molecule has 0 unspecified atom stereocenters. The van der Waals surface area contributed by atoms with Crippen LogP contribution in [0.2, 0.25) is 0 Å². The molecule has 0 amide bonds. The fourth-order valence-corrected chi connectivity index (χ4v) is 3.42. The van der Waals surface area contributed by atoms with Crippen LogP contribution in [0.4, 0.5) is 5.69 Å². The van der Waals surface area contributed by atoms with Crippen molar-refractivity contribution in [2.24, 2.45) is 10.2 Å². The highest BCUT2D eigenvalue weighted by molar-refractivity contribution is 7.16. The third kappa shape index (κ3) is 4.09. The lowest BCUT2D eigenvalue weighted by atomic mass is 10.1. The van der Waals surface area contributed by atoms with Crippen molar-refractivity contribution in [3.8, 4) is 0 Å². The zero-order valence-corrected chi connectivity index (χ0v) is 15.5. The number of nitrogens with zero attached hydrogens (tertiary/aromatic N) is 4. The number of methoxy groups -OCH3 is 1. The third-order valence-electron chi connectivity index (χ3n) is 3.88. The lowest BCUT2D eigenvalue weighted by Gasteiger charge is -2.03. The van der Waals surface area contributed by atoms with Gasteiger partial charge in [-0.05, 0) is 36.8 Å². The number of hydrogen-bond acceptors (Lipinski definition) is 7. The van der Waals surface area contributed by atoms with Crippen molar-refractivity contribution in [3.05, 3.63) is 69.0 Å². The van der Waals surface area contributed by atoms with E-state index < -0.39 is 4.92 Å². The highest BCUT2D eigenvalue weighted by Gasteiger charge is 2.10. The molecule has 0 aliphatic carbocycles. The summed E-state index contributed by atoms with van der Waals surface area (Å²) >= 11 is 1.41. The third-order valence-corrected chi connectivity index (χ3v) is 4.93. The molecule has 3 aromatic rings. The van der Waals surface area contributed by atoms with Crippen LogP contribution in [0.15, 0.2) is 58.7 Å². The Balaban J connectivity index is 2.01. The zero-order chi connectivity index (χ0) is 19.4. The summed E-state index contributed by atoms with van der Waals surface area (Å²) in [5, 5.41) is 19.3. The van der Waals surface area contributed by atoms with Crippen LogP contribution >= 0.6 is 11.3 Å². The van der Waals surface area contributed by atoms with Crippen LogP contribution in [-0.2, 0) is 16.1 Å². The summed E-state index contributed by atoms with van der Waals surface area (Å²) in [5.74, 6) is -0.379. The smallest absolute Gasteiger partial charge is 0.325 e. The van der Waals surface area contributed by atoms with Gasteiger partial charge >= 0.3 is 5.97 Å². The van der Waals surface area contributed by atoms with Crippen LogP contribution in [0.25, 0.3) is 10.2 Å². The average Bonchev–Trinajstić information content (AvgIpc) is 3.03. The Morgan fingerprint density at radius 2 is 1.93 bits per heavy atom. The monoisotopic (exact) mass is 384 g/mol. The molecule has 2 aromatic carbocycles. The second-order valence-electron chi connectivity index (χ2n) is 5.60. The molecule has 1 heterocycles. The predicted octanol–water partition coefficient (Wildman–Crippen LogP) is 3.11. The molecule has 9 heteroatoms. The molecule has 0 aliphatic heterocycles. The molecule has 0 bridgehead atoms. The van der Waals surface area contributed by atoms with Gasteiger partial charge in [-0.1, -0.05) is 23.5 Å². The maximum Gasteiger partial charge on any atom is 0.325 e. The number of para-hydroxylation sites is 1. The molecule has 0 aliphatic rings. The second kappa shape index (κ2) is 7.92. The molecular formula is C18H16N4O4S. The number of nitro groups is 1. The van der Waals surface area contributed by atoms with Crippen molar-refractivity contribution in [2.45, 2.75) is 13.5 Å². The number of aromatic nitrogens is 1. The van der Waals surface area contributed by atoms with Gasteiger partial charge in [0.25, 0.3) is 5.69 Å². The average molecular weight is 384 g/mol. The van der Waals surface area contributed by atoms with E-state index in [0.29, 0.717) is 10.5 Å². The molecule has 1 aromatic heterocycles. The molecule has 3 rings (SSSR count). The zero-order valence-electron chi connectivity index (χ0n) is 14.7. The fourth-order valence-electron chi connectivity index (χ4n) is 2.44. The van der Waals surface area contributed by atoms with E-state index in [1.165, 1.54) is 30.6 Å². The second-order valence-corrected chi connectivity index (χ2v) is 6.61. The number of rotatable bonds is 5. The van der Waals surface area contributed by atoms with E-state index in [0.717, 1.165) is 15.8 Å². The van der Waals surface area contributed by atoms with Crippen LogP contribution < -0.4 is 4.80 Å². The maximum absolute atomic E-state index is 11.8. The summed E-state index contributed by atoms with van der Waals surface area (Å²) in [6, 6.07) is 13.7. The van der Waals surface area contributed by atoms with Crippen LogP contribution in [0, 0.1) is 10.1 Å². The number of esters is 1. The Bertz CT molecular complexity index is 1100. The molecule has 0 fully saturated rings. The van der Waals surface area contributed by atoms with E-state index in [9.17, 15) is 14.9 Å². The standard InChI is InChI=1S/C18H16N4O4S/c1-12(13-7-9-14(10-8-13)22(24)25)19-20-18-21(11-17(23)26-2)15-5-3-4-6-16(15)27-18/h3-10H,11H2,1-2H3/b19-12+,20-18-. The fraction of sp³-hybridized carbons (Fsp3) is 0.167. The summed E-state index contributed by atoms with van der Waals surface area (Å²) in [7, 11) is 1.34. The lowest BCUT2D eigenvalue weighted by molar-refractivity contribution is -0.384. The number of fused-ring (bicyclic) bond motifs is 1. The van der Waals surface area contributed by atoms with E-state index in [4.69, 9.17) is 4.74 Å². The van der Waals surface area contributed by atoms with Crippen molar-refractivity contribution < 1.29 is 14.5 Å². The first-order valence-corrected chi connectivity index (χ1v) is 8.79. The summed E-state index contributed by atoms with van der Waals surface area (Å²) in [5.41, 5.74) is 2.22. The van der Waals surface area contributed by atoms with Crippen molar-refractivity contribution in [1.82, 2.24) is 4.57 Å². The van der Waals surface area contributed by atoms with Crippen molar-refractivity contribution in [3.63, 3.8) is 0 Å². The lowest BCUT2D eigenvalue weighted by Crippen LogP contribution is -2.21. The molecule has 8 nitrogen and oxygen atoms in total. The van der Waals surface area contributed by atoms with E-state index in [1.54, 1.807) is 23.6 Å². The Morgan fingerprint density at radius 3 is 2.59 bits per heavy atom. The van der Waals surface area contributed by atoms with E-state index in [2.05, 4.69) is 10.2 Å². The van der Waals surface area contributed by atoms with Gasteiger partial charge in [0.15, 0.2) is 0 Å². The summed E-state index contributed by atoms with van der Waals surface area (Å²) in [4.78, 5) is 22.6. The number of carbonyl (C=O) groups excluding carboxylic acids is 1. The highest BCUT2D eigenvalue weighted by Crippen LogP contribution is 2.17. The van der Waals surface area contributed by atoms with Crippen LogP contribution in [0.5, 0.6) is 0 Å². The molecule has 0 N–H and O–H groups in total. The van der Waals surface area contributed by atoms with Gasteiger partial charge in [-0.25, -0.2) is 0 Å². The molecular weight excluding hydrogens is 368 g/mol. The van der Waals surface area contributed by atoms with Crippen molar-refractivity contribution >= 4 is 38.9 Å². The van der Waals surface area contributed by atoms with Crippen molar-refractivity contribution in [1.29, 1.82) is 0 Å². The summed E-state index contributed by atoms with van der Waals surface area (Å²) in [6.45, 7) is 1.80. The van der Waals surface area contributed by atoms with E-state index in [1.807, 2.05) is 24.3 Å². The molecule has 0 saturated heterocycles. The SMILES string of the molecule is COC(=O)Cn1/c(=N/N=C(\C)c2ccc([N+](=O)[O-])cc2)sc2ccccc21. The first-order valence-electron chi connectivity index (χ1n) is 7.98. The van der Waals surface area contributed by atoms with Gasteiger partial charge in [0.05, 0.1) is 28.0 Å². The number of thiazole rings is 1. The number of nitro benzene ring substituents is 1. The highest BCUT2D eigenvalue weighted by atomic mass is 32.1. The largest absolute Gasteiger partial charge is 0.468 e. The number of hydrogen-bond donors (Lipinski definition) is 0. The van der Waals surface area contributed by atoms with Gasteiger partial charge < -0.3 is 9.30 Å². The maximum atomic E-state index is 11.8. The molecule has 27 heavy (non-hydrogen) atoms. The van der Waals surface area contributed by atoms with Gasteiger partial charge in [-0.15, -0.1) is 5.10 Å². The Hall–Kier alpha value is -3.33. The van der Waals surface area contributed by atoms with Crippen LogP contribution in [-0.4, -0.2) is 28.3 Å². The first-order chi connectivity index (χ1) is 13.0. The predicted molar refractivity (Wildman–Crippen MR) is 103 cm³/mol. The van der Waals surface area contributed by atoms with Crippen LogP contribution in [0.1, 0.15) is 12.5 Å². The van der Waals surface area contributed by atoms with Crippen molar-refractivity contribution in [2.75, 3.05) is 7.11 Å². The number of ether oxygens (including phenoxy) is 1. The van der Waals surface area contributed by atoms with Gasteiger partial charge in [0.2, 0.25) is 4.80 Å². The molecule has 138 valence electrons. The number of non-ortho nitro benzene ring substituents is 1. The van der Waals surface area contributed by atoms with Gasteiger partial charge in [-0.3, -0.25) is 14.9 Å². The Morgan fingerprint density at radius 1 is 1.22 bits per heavy atom. The number of benzene rings is 2. The first kappa shape index (κ1) is 18.5. The summed E-state index contributed by atoms with van der Waals surface area (Å²) < 4.78 is 7.49. The Labute approximate surface area is 158 Å². The summed E-state index contributed by atoms with van der Waals surface area (Å²) in [6.07, 6.45) is 0. The normalized spacial score (nSPS) is 12.4. The molecule has 0 spiro atoms. The van der Waals surface area contributed by atoms with Gasteiger partial charge in [-0.2, -0.15) is 5.10 Å². The van der Waals surface area contributed by atoms with E-state index in [-0.39, 0.29) is 18.2 Å².